The average molecular weight is 319 g/mol. The Morgan fingerprint density at radius 3 is 1.52 bits per heavy atom. The number of allylic oxidation sites excluding steroid dienone is 2. The van der Waals surface area contributed by atoms with E-state index in [1.807, 2.05) is 0 Å². The molecule has 23 heavy (non-hydrogen) atoms. The third-order valence-electron chi connectivity index (χ3n) is 5.94. The van der Waals surface area contributed by atoms with E-state index in [0.29, 0.717) is 10.8 Å². The molecular weight excluding hydrogens is 280 g/mol. The topological polar surface area (TPSA) is 9.23 Å². The SMILES string of the molecule is CC(C)(C)C1CCC=C(COCC2=CCCC(C(C)(C)C)C2)C1. The predicted molar refractivity (Wildman–Crippen MR) is 101 cm³/mol. The fourth-order valence-electron chi connectivity index (χ4n) is 4.01. The van der Waals surface area contributed by atoms with Crippen molar-refractivity contribution in [3.8, 4) is 0 Å². The van der Waals surface area contributed by atoms with Crippen molar-refractivity contribution in [2.24, 2.45) is 22.7 Å². The Labute approximate surface area is 144 Å². The minimum atomic E-state index is 0.422. The predicted octanol–water partition coefficient (Wildman–Crippen LogP) is 6.55. The van der Waals surface area contributed by atoms with Gasteiger partial charge in [-0.2, -0.15) is 0 Å². The van der Waals surface area contributed by atoms with Crippen molar-refractivity contribution in [1.82, 2.24) is 0 Å². The van der Waals surface area contributed by atoms with Gasteiger partial charge in [0.25, 0.3) is 0 Å². The van der Waals surface area contributed by atoms with E-state index in [0.717, 1.165) is 25.0 Å². The van der Waals surface area contributed by atoms with Crippen LogP contribution in [0.3, 0.4) is 0 Å². The van der Waals surface area contributed by atoms with Crippen molar-refractivity contribution in [2.75, 3.05) is 13.2 Å². The monoisotopic (exact) mass is 318 g/mol. The number of ether oxygens (including phenoxy) is 1. The standard InChI is InChI=1S/C22H38O/c1-21(2,3)19-11-7-9-17(13-19)15-23-16-18-10-8-12-20(14-18)22(4,5)6/h9-10,19-20H,7-8,11-16H2,1-6H3. The summed E-state index contributed by atoms with van der Waals surface area (Å²) in [5.74, 6) is 1.62. The van der Waals surface area contributed by atoms with Crippen LogP contribution in [0.1, 0.15) is 80.1 Å². The molecule has 0 aliphatic heterocycles. The average Bonchev–Trinajstić information content (AvgIpc) is 2.46. The lowest BCUT2D eigenvalue weighted by Gasteiger charge is -2.35. The highest BCUT2D eigenvalue weighted by Crippen LogP contribution is 2.39. The third kappa shape index (κ3) is 5.78. The van der Waals surface area contributed by atoms with Crippen molar-refractivity contribution >= 4 is 0 Å². The second-order valence-corrected chi connectivity index (χ2v) is 9.91. The summed E-state index contributed by atoms with van der Waals surface area (Å²) in [4.78, 5) is 0. The number of rotatable bonds is 4. The molecule has 0 fully saturated rings. The summed E-state index contributed by atoms with van der Waals surface area (Å²) in [6.07, 6.45) is 12.5. The van der Waals surface area contributed by atoms with Crippen LogP contribution in [0.5, 0.6) is 0 Å². The minimum absolute atomic E-state index is 0.422. The molecule has 0 heterocycles. The van der Waals surface area contributed by atoms with Gasteiger partial charge in [-0.1, -0.05) is 53.7 Å². The maximum atomic E-state index is 6.10. The molecule has 0 N–H and O–H groups in total. The van der Waals surface area contributed by atoms with E-state index in [1.165, 1.54) is 49.7 Å². The normalized spacial score (nSPS) is 26.7. The lowest BCUT2D eigenvalue weighted by Crippen LogP contribution is -2.25. The van der Waals surface area contributed by atoms with Crippen LogP contribution in [-0.4, -0.2) is 13.2 Å². The molecule has 132 valence electrons. The fraction of sp³-hybridized carbons (Fsp3) is 0.818. The highest BCUT2D eigenvalue weighted by molar-refractivity contribution is 5.11. The van der Waals surface area contributed by atoms with E-state index in [4.69, 9.17) is 4.74 Å². The van der Waals surface area contributed by atoms with Gasteiger partial charge in [0.05, 0.1) is 13.2 Å². The van der Waals surface area contributed by atoms with Crippen molar-refractivity contribution < 1.29 is 4.74 Å². The Kier molecular flexibility index (Phi) is 6.16. The van der Waals surface area contributed by atoms with Crippen LogP contribution >= 0.6 is 0 Å². The molecule has 2 rings (SSSR count). The first-order valence-corrected chi connectivity index (χ1v) is 9.60. The van der Waals surface area contributed by atoms with Crippen LogP contribution in [0.2, 0.25) is 0 Å². The van der Waals surface area contributed by atoms with Gasteiger partial charge in [-0.3, -0.25) is 0 Å². The van der Waals surface area contributed by atoms with E-state index in [9.17, 15) is 0 Å². The Morgan fingerprint density at radius 1 is 0.783 bits per heavy atom. The molecule has 2 unspecified atom stereocenters. The van der Waals surface area contributed by atoms with Gasteiger partial charge in [0.2, 0.25) is 0 Å². The second kappa shape index (κ2) is 7.55. The molecule has 0 saturated carbocycles. The molecule has 2 aliphatic rings. The summed E-state index contributed by atoms with van der Waals surface area (Å²) in [5.41, 5.74) is 3.90. The van der Waals surface area contributed by atoms with Crippen molar-refractivity contribution in [1.29, 1.82) is 0 Å². The van der Waals surface area contributed by atoms with Gasteiger partial charge in [0, 0.05) is 0 Å². The first-order valence-electron chi connectivity index (χ1n) is 9.60. The minimum Gasteiger partial charge on any atom is -0.373 e. The van der Waals surface area contributed by atoms with Gasteiger partial charge in [-0.05, 0) is 72.3 Å². The van der Waals surface area contributed by atoms with Crippen molar-refractivity contribution in [3.05, 3.63) is 23.3 Å². The molecule has 0 amide bonds. The van der Waals surface area contributed by atoms with Crippen LogP contribution in [0.15, 0.2) is 23.3 Å². The summed E-state index contributed by atoms with van der Waals surface area (Å²) in [6.45, 7) is 15.9. The quantitative estimate of drug-likeness (QED) is 0.534. The van der Waals surface area contributed by atoms with Gasteiger partial charge in [0.15, 0.2) is 0 Å². The first kappa shape index (κ1) is 18.8. The van der Waals surface area contributed by atoms with Crippen LogP contribution in [-0.2, 0) is 4.74 Å². The molecule has 0 radical (unpaired) electrons. The van der Waals surface area contributed by atoms with Gasteiger partial charge in [0.1, 0.15) is 0 Å². The molecular formula is C22H38O. The summed E-state index contributed by atoms with van der Waals surface area (Å²) >= 11 is 0. The zero-order chi connectivity index (χ0) is 17.1. The van der Waals surface area contributed by atoms with Crippen LogP contribution in [0.4, 0.5) is 0 Å². The molecule has 1 nitrogen and oxygen atoms in total. The molecule has 1 heteroatoms. The molecule has 2 aliphatic carbocycles. The van der Waals surface area contributed by atoms with E-state index >= 15 is 0 Å². The second-order valence-electron chi connectivity index (χ2n) is 9.91. The zero-order valence-corrected chi connectivity index (χ0v) is 16.4. The Morgan fingerprint density at radius 2 is 1.17 bits per heavy atom. The van der Waals surface area contributed by atoms with E-state index in [2.05, 4.69) is 53.7 Å². The van der Waals surface area contributed by atoms with E-state index < -0.39 is 0 Å². The maximum absolute atomic E-state index is 6.10. The lowest BCUT2D eigenvalue weighted by molar-refractivity contribution is 0.147. The van der Waals surface area contributed by atoms with Gasteiger partial charge in [-0.15, -0.1) is 0 Å². The maximum Gasteiger partial charge on any atom is 0.0681 e. The fourth-order valence-corrected chi connectivity index (χ4v) is 4.01. The number of hydrogen-bond donors (Lipinski definition) is 0. The van der Waals surface area contributed by atoms with Gasteiger partial charge >= 0.3 is 0 Å². The van der Waals surface area contributed by atoms with Crippen molar-refractivity contribution in [2.45, 2.75) is 80.1 Å². The Balaban J connectivity index is 1.77. The molecule has 0 aromatic rings. The van der Waals surface area contributed by atoms with Gasteiger partial charge < -0.3 is 4.74 Å². The Bertz CT molecular complexity index is 400. The lowest BCUT2D eigenvalue weighted by atomic mass is 9.72. The van der Waals surface area contributed by atoms with Crippen LogP contribution in [0.25, 0.3) is 0 Å². The molecule has 0 aromatic heterocycles. The van der Waals surface area contributed by atoms with Crippen molar-refractivity contribution in [3.63, 3.8) is 0 Å². The summed E-state index contributed by atoms with van der Waals surface area (Å²) in [7, 11) is 0. The summed E-state index contributed by atoms with van der Waals surface area (Å²) < 4.78 is 6.10. The summed E-state index contributed by atoms with van der Waals surface area (Å²) in [6, 6.07) is 0. The van der Waals surface area contributed by atoms with Gasteiger partial charge in [-0.25, -0.2) is 0 Å². The van der Waals surface area contributed by atoms with E-state index in [-0.39, 0.29) is 0 Å². The summed E-state index contributed by atoms with van der Waals surface area (Å²) in [5, 5.41) is 0. The molecule has 0 spiro atoms. The van der Waals surface area contributed by atoms with Crippen LogP contribution < -0.4 is 0 Å². The highest BCUT2D eigenvalue weighted by Gasteiger charge is 2.28. The van der Waals surface area contributed by atoms with E-state index in [1.54, 1.807) is 0 Å². The third-order valence-corrected chi connectivity index (χ3v) is 5.94. The number of hydrogen-bond acceptors (Lipinski definition) is 1. The Hall–Kier alpha value is -0.560. The first-order chi connectivity index (χ1) is 10.7. The smallest absolute Gasteiger partial charge is 0.0681 e. The largest absolute Gasteiger partial charge is 0.373 e. The highest BCUT2D eigenvalue weighted by atomic mass is 16.5. The molecule has 2 atom stereocenters. The molecule has 0 saturated heterocycles. The molecule has 0 aromatic carbocycles. The zero-order valence-electron chi connectivity index (χ0n) is 16.4. The van der Waals surface area contributed by atoms with Crippen LogP contribution in [0, 0.1) is 22.7 Å². The molecule has 0 bridgehead atoms.